The highest BCUT2D eigenvalue weighted by Crippen LogP contribution is 2.16. The van der Waals surface area contributed by atoms with Gasteiger partial charge in [-0.25, -0.2) is 4.79 Å². The Balaban J connectivity index is 1.75. The monoisotopic (exact) mass is 540 g/mol. The molecular weight excluding hydrogens is 508 g/mol. The Kier molecular flexibility index (Phi) is 10.4. The number of rotatable bonds is 12. The Morgan fingerprint density at radius 3 is 2.37 bits per heavy atom. The van der Waals surface area contributed by atoms with Gasteiger partial charge in [0.15, 0.2) is 0 Å². The second-order valence-electron chi connectivity index (χ2n) is 8.25. The van der Waals surface area contributed by atoms with Gasteiger partial charge in [0.05, 0.1) is 6.54 Å². The highest BCUT2D eigenvalue weighted by molar-refractivity contribution is 9.10. The summed E-state index contributed by atoms with van der Waals surface area (Å²) in [5.41, 5.74) is 2.74. The molecule has 0 aliphatic heterocycles. The van der Waals surface area contributed by atoms with Crippen molar-refractivity contribution in [3.8, 4) is 0 Å². The van der Waals surface area contributed by atoms with Crippen molar-refractivity contribution in [1.82, 2.24) is 14.4 Å². The van der Waals surface area contributed by atoms with Crippen LogP contribution < -0.4 is 5.32 Å². The summed E-state index contributed by atoms with van der Waals surface area (Å²) in [4.78, 5) is 30.0. The Labute approximate surface area is 215 Å². The maximum absolute atomic E-state index is 13.5. The van der Waals surface area contributed by atoms with Gasteiger partial charge >= 0.3 is 6.03 Å². The molecule has 3 amide bonds. The summed E-state index contributed by atoms with van der Waals surface area (Å²) in [5.74, 6) is -0.114. The number of carbonyl (C=O) groups is 2. The minimum absolute atomic E-state index is 0.0221. The van der Waals surface area contributed by atoms with Gasteiger partial charge in [-0.05, 0) is 55.3 Å². The molecule has 3 aromatic rings. The average Bonchev–Trinajstić information content (AvgIpc) is 3.26. The molecule has 0 aliphatic carbocycles. The first-order valence-corrected chi connectivity index (χ1v) is 12.6. The first kappa shape index (κ1) is 26.5. The number of benzene rings is 2. The quantitative estimate of drug-likeness (QED) is 0.318. The molecule has 186 valence electrons. The van der Waals surface area contributed by atoms with Crippen LogP contribution in [0.15, 0.2) is 77.4 Å². The van der Waals surface area contributed by atoms with Crippen molar-refractivity contribution in [2.45, 2.75) is 26.4 Å². The fraction of sp³-hybridized carbons (Fsp3) is 0.333. The van der Waals surface area contributed by atoms with Gasteiger partial charge in [-0.15, -0.1) is 0 Å². The average molecular weight is 541 g/mol. The van der Waals surface area contributed by atoms with E-state index in [4.69, 9.17) is 4.74 Å². The molecule has 8 heteroatoms. The third-order valence-corrected chi connectivity index (χ3v) is 6.13. The van der Waals surface area contributed by atoms with Crippen LogP contribution in [0.3, 0.4) is 0 Å². The summed E-state index contributed by atoms with van der Waals surface area (Å²) in [6, 6.07) is 20.9. The van der Waals surface area contributed by atoms with E-state index in [0.717, 1.165) is 15.7 Å². The Morgan fingerprint density at radius 2 is 1.71 bits per heavy atom. The van der Waals surface area contributed by atoms with Crippen LogP contribution in [0, 0.1) is 0 Å². The lowest BCUT2D eigenvalue weighted by molar-refractivity contribution is -0.133. The van der Waals surface area contributed by atoms with E-state index in [-0.39, 0.29) is 18.5 Å². The molecule has 7 nitrogen and oxygen atoms in total. The molecule has 35 heavy (non-hydrogen) atoms. The van der Waals surface area contributed by atoms with E-state index in [1.807, 2.05) is 91.5 Å². The maximum atomic E-state index is 13.5. The molecular formula is C27H33BrN4O3. The van der Waals surface area contributed by atoms with E-state index < -0.39 is 0 Å². The van der Waals surface area contributed by atoms with Gasteiger partial charge in [0.1, 0.15) is 6.54 Å². The van der Waals surface area contributed by atoms with Gasteiger partial charge in [-0.1, -0.05) is 46.3 Å². The number of halogens is 1. The fourth-order valence-corrected chi connectivity index (χ4v) is 3.91. The molecule has 0 spiro atoms. The van der Waals surface area contributed by atoms with Crippen LogP contribution in [-0.2, 0) is 29.7 Å². The normalized spacial score (nSPS) is 10.7. The highest BCUT2D eigenvalue weighted by atomic mass is 79.9. The van der Waals surface area contributed by atoms with Crippen LogP contribution >= 0.6 is 15.9 Å². The Bertz CT molecular complexity index is 1070. The van der Waals surface area contributed by atoms with Crippen LogP contribution in [0.25, 0.3) is 0 Å². The lowest BCUT2D eigenvalue weighted by atomic mass is 10.2. The fourth-order valence-electron chi connectivity index (χ4n) is 3.65. The van der Waals surface area contributed by atoms with E-state index in [9.17, 15) is 9.59 Å². The molecule has 0 fully saturated rings. The summed E-state index contributed by atoms with van der Waals surface area (Å²) in [7, 11) is 1.96. The summed E-state index contributed by atoms with van der Waals surface area (Å²) < 4.78 is 8.38. The molecule has 0 bridgehead atoms. The predicted octanol–water partition coefficient (Wildman–Crippen LogP) is 5.28. The summed E-state index contributed by atoms with van der Waals surface area (Å²) in [6.45, 7) is 4.40. The number of nitrogens with one attached hydrogen (secondary N) is 1. The molecule has 3 rings (SSSR count). The van der Waals surface area contributed by atoms with Gasteiger partial charge in [0, 0.05) is 55.4 Å². The second-order valence-corrected chi connectivity index (χ2v) is 9.17. The zero-order chi connectivity index (χ0) is 25.0. The molecule has 0 saturated carbocycles. The van der Waals surface area contributed by atoms with Crippen molar-refractivity contribution in [2.24, 2.45) is 7.05 Å². The molecule has 0 atom stereocenters. The highest BCUT2D eigenvalue weighted by Gasteiger charge is 2.22. The number of aryl methyl sites for hydroxylation is 1. The van der Waals surface area contributed by atoms with E-state index in [1.54, 1.807) is 9.80 Å². The van der Waals surface area contributed by atoms with E-state index in [2.05, 4.69) is 21.2 Å². The Hall–Kier alpha value is -3.10. The minimum Gasteiger partial charge on any atom is -0.382 e. The lowest BCUT2D eigenvalue weighted by Crippen LogP contribution is -2.44. The number of amides is 3. The van der Waals surface area contributed by atoms with Gasteiger partial charge in [-0.3, -0.25) is 4.79 Å². The largest absolute Gasteiger partial charge is 0.382 e. The van der Waals surface area contributed by atoms with Gasteiger partial charge < -0.3 is 24.4 Å². The van der Waals surface area contributed by atoms with E-state index in [1.165, 1.54) is 0 Å². The zero-order valence-corrected chi connectivity index (χ0v) is 21.9. The van der Waals surface area contributed by atoms with Crippen LogP contribution in [0.4, 0.5) is 10.5 Å². The number of hydrogen-bond acceptors (Lipinski definition) is 3. The standard InChI is InChI=1S/C27H33BrN4O3/c1-3-35-18-8-17-31(27(34)29-24-14-12-23(28)13-15-24)21-26(33)32(19-22-9-5-4-6-10-22)20-25-11-7-16-30(25)2/h4-7,9-16H,3,8,17-21H2,1-2H3,(H,29,34). The zero-order valence-electron chi connectivity index (χ0n) is 20.3. The molecule has 0 radical (unpaired) electrons. The third-order valence-electron chi connectivity index (χ3n) is 5.60. The van der Waals surface area contributed by atoms with Crippen LogP contribution in [-0.4, -0.2) is 52.6 Å². The first-order valence-electron chi connectivity index (χ1n) is 11.8. The molecule has 2 aromatic carbocycles. The number of nitrogens with zero attached hydrogens (tertiary/aromatic N) is 3. The SMILES string of the molecule is CCOCCCN(CC(=O)N(Cc1ccccc1)Cc1cccn1C)C(=O)Nc1ccc(Br)cc1. The number of anilines is 1. The molecule has 0 unspecified atom stereocenters. The first-order chi connectivity index (χ1) is 17.0. The van der Waals surface area contributed by atoms with Crippen molar-refractivity contribution >= 4 is 33.6 Å². The van der Waals surface area contributed by atoms with Crippen molar-refractivity contribution in [3.63, 3.8) is 0 Å². The molecule has 1 aromatic heterocycles. The molecule has 1 heterocycles. The van der Waals surface area contributed by atoms with Crippen molar-refractivity contribution in [2.75, 3.05) is 31.6 Å². The number of ether oxygens (including phenoxy) is 1. The summed E-state index contributed by atoms with van der Waals surface area (Å²) >= 11 is 3.41. The van der Waals surface area contributed by atoms with Crippen LogP contribution in [0.1, 0.15) is 24.6 Å². The number of urea groups is 1. The van der Waals surface area contributed by atoms with E-state index >= 15 is 0 Å². The van der Waals surface area contributed by atoms with Gasteiger partial charge in [0.2, 0.25) is 5.91 Å². The molecule has 0 saturated heterocycles. The van der Waals surface area contributed by atoms with Crippen molar-refractivity contribution < 1.29 is 14.3 Å². The summed E-state index contributed by atoms with van der Waals surface area (Å²) in [6.07, 6.45) is 2.61. The lowest BCUT2D eigenvalue weighted by Gasteiger charge is -2.28. The minimum atomic E-state index is -0.310. The second kappa shape index (κ2) is 13.7. The summed E-state index contributed by atoms with van der Waals surface area (Å²) in [5, 5.41) is 2.91. The molecule has 0 aliphatic rings. The van der Waals surface area contributed by atoms with Crippen LogP contribution in [0.5, 0.6) is 0 Å². The Morgan fingerprint density at radius 1 is 0.971 bits per heavy atom. The maximum Gasteiger partial charge on any atom is 0.322 e. The predicted molar refractivity (Wildman–Crippen MR) is 142 cm³/mol. The number of hydrogen-bond donors (Lipinski definition) is 1. The van der Waals surface area contributed by atoms with Gasteiger partial charge in [-0.2, -0.15) is 0 Å². The van der Waals surface area contributed by atoms with E-state index in [0.29, 0.717) is 45.0 Å². The number of carbonyl (C=O) groups excluding carboxylic acids is 2. The number of aromatic nitrogens is 1. The van der Waals surface area contributed by atoms with Crippen molar-refractivity contribution in [1.29, 1.82) is 0 Å². The van der Waals surface area contributed by atoms with Gasteiger partial charge in [0.25, 0.3) is 0 Å². The van der Waals surface area contributed by atoms with Crippen molar-refractivity contribution in [3.05, 3.63) is 88.7 Å². The third kappa shape index (κ3) is 8.56. The topological polar surface area (TPSA) is 66.8 Å². The van der Waals surface area contributed by atoms with Crippen LogP contribution in [0.2, 0.25) is 0 Å². The smallest absolute Gasteiger partial charge is 0.322 e. The molecule has 1 N–H and O–H groups in total.